The molecule has 0 unspecified atom stereocenters. The van der Waals surface area contributed by atoms with Crippen LogP contribution in [-0.2, 0) is 6.61 Å². The molecule has 1 heterocycles. The van der Waals surface area contributed by atoms with E-state index in [-0.39, 0.29) is 6.61 Å². The monoisotopic (exact) mass is 235 g/mol. The first-order valence-corrected chi connectivity index (χ1v) is 5.09. The summed E-state index contributed by atoms with van der Waals surface area (Å²) >= 11 is 5.88. The van der Waals surface area contributed by atoms with Crippen molar-refractivity contribution in [3.8, 4) is 0 Å². The highest BCUT2D eigenvalue weighted by Crippen LogP contribution is 2.23. The summed E-state index contributed by atoms with van der Waals surface area (Å²) in [6.07, 6.45) is 4.78. The van der Waals surface area contributed by atoms with Crippen LogP contribution in [0.4, 0.5) is 11.5 Å². The molecule has 2 rings (SSSR count). The number of hydrogen-bond donors (Lipinski definition) is 2. The minimum Gasteiger partial charge on any atom is -0.392 e. The molecule has 1 aromatic carbocycles. The Hall–Kier alpha value is -1.65. The van der Waals surface area contributed by atoms with Gasteiger partial charge in [-0.1, -0.05) is 17.7 Å². The van der Waals surface area contributed by atoms with Gasteiger partial charge in [0.1, 0.15) is 5.82 Å². The molecule has 1 aromatic heterocycles. The van der Waals surface area contributed by atoms with Crippen molar-refractivity contribution < 1.29 is 5.11 Å². The Kier molecular flexibility index (Phi) is 3.34. The maximum Gasteiger partial charge on any atom is 0.148 e. The van der Waals surface area contributed by atoms with E-state index in [0.29, 0.717) is 10.8 Å². The third kappa shape index (κ3) is 2.48. The number of rotatable bonds is 3. The van der Waals surface area contributed by atoms with Gasteiger partial charge in [0.05, 0.1) is 12.8 Å². The van der Waals surface area contributed by atoms with E-state index in [1.165, 1.54) is 0 Å². The Bertz CT molecular complexity index is 476. The number of aliphatic hydroxyl groups is 1. The van der Waals surface area contributed by atoms with Crippen LogP contribution < -0.4 is 5.32 Å². The summed E-state index contributed by atoms with van der Waals surface area (Å²) in [7, 11) is 0. The number of anilines is 2. The highest BCUT2D eigenvalue weighted by Gasteiger charge is 2.03. The van der Waals surface area contributed by atoms with E-state index in [4.69, 9.17) is 16.7 Å². The average molecular weight is 236 g/mol. The van der Waals surface area contributed by atoms with Gasteiger partial charge < -0.3 is 10.4 Å². The molecule has 82 valence electrons. The van der Waals surface area contributed by atoms with E-state index in [2.05, 4.69) is 15.3 Å². The van der Waals surface area contributed by atoms with Crippen LogP contribution in [0.5, 0.6) is 0 Å². The van der Waals surface area contributed by atoms with Crippen molar-refractivity contribution in [2.24, 2.45) is 0 Å². The van der Waals surface area contributed by atoms with Crippen LogP contribution in [0, 0.1) is 0 Å². The molecule has 0 atom stereocenters. The van der Waals surface area contributed by atoms with Gasteiger partial charge in [-0.15, -0.1) is 0 Å². The SMILES string of the molecule is OCc1ccc(Cl)cc1Nc1cnccn1. The van der Waals surface area contributed by atoms with Gasteiger partial charge in [-0.3, -0.25) is 4.98 Å². The number of aromatic nitrogens is 2. The predicted molar refractivity (Wildman–Crippen MR) is 62.7 cm³/mol. The molecular formula is C11H10ClN3O. The molecule has 0 bridgehead atoms. The number of aliphatic hydroxyl groups excluding tert-OH is 1. The number of hydrogen-bond acceptors (Lipinski definition) is 4. The van der Waals surface area contributed by atoms with Crippen LogP contribution in [0.2, 0.25) is 5.02 Å². The summed E-state index contributed by atoms with van der Waals surface area (Å²) in [4.78, 5) is 8.02. The van der Waals surface area contributed by atoms with Crippen LogP contribution in [0.15, 0.2) is 36.8 Å². The molecule has 0 aliphatic heterocycles. The molecule has 4 nitrogen and oxygen atoms in total. The van der Waals surface area contributed by atoms with E-state index >= 15 is 0 Å². The standard InChI is InChI=1S/C11H10ClN3O/c12-9-2-1-8(7-16)10(5-9)15-11-6-13-3-4-14-11/h1-6,16H,7H2,(H,14,15). The van der Waals surface area contributed by atoms with Gasteiger partial charge >= 0.3 is 0 Å². The molecule has 0 aliphatic carbocycles. The highest BCUT2D eigenvalue weighted by molar-refractivity contribution is 6.30. The lowest BCUT2D eigenvalue weighted by Crippen LogP contribution is -1.98. The molecule has 0 saturated carbocycles. The quantitative estimate of drug-likeness (QED) is 0.858. The normalized spacial score (nSPS) is 10.1. The second-order valence-electron chi connectivity index (χ2n) is 3.18. The minimum atomic E-state index is -0.0558. The molecule has 0 aliphatic rings. The molecule has 0 amide bonds. The third-order valence-electron chi connectivity index (χ3n) is 2.07. The van der Waals surface area contributed by atoms with E-state index in [1.807, 2.05) is 0 Å². The lowest BCUT2D eigenvalue weighted by atomic mass is 10.2. The van der Waals surface area contributed by atoms with Crippen LogP contribution >= 0.6 is 11.6 Å². The molecule has 16 heavy (non-hydrogen) atoms. The smallest absolute Gasteiger partial charge is 0.148 e. The molecule has 0 radical (unpaired) electrons. The molecule has 0 fully saturated rings. The van der Waals surface area contributed by atoms with E-state index in [1.54, 1.807) is 36.8 Å². The number of nitrogens with one attached hydrogen (secondary N) is 1. The van der Waals surface area contributed by atoms with Gasteiger partial charge in [-0.25, -0.2) is 4.98 Å². The summed E-state index contributed by atoms with van der Waals surface area (Å²) in [5, 5.41) is 12.8. The number of benzene rings is 1. The highest BCUT2D eigenvalue weighted by atomic mass is 35.5. The summed E-state index contributed by atoms with van der Waals surface area (Å²) in [6.45, 7) is -0.0558. The van der Waals surface area contributed by atoms with E-state index in [9.17, 15) is 0 Å². The van der Waals surface area contributed by atoms with E-state index in [0.717, 1.165) is 11.3 Å². The fourth-order valence-corrected chi connectivity index (χ4v) is 1.48. The van der Waals surface area contributed by atoms with E-state index < -0.39 is 0 Å². The first-order valence-electron chi connectivity index (χ1n) is 4.72. The molecular weight excluding hydrogens is 226 g/mol. The Balaban J connectivity index is 2.30. The fraction of sp³-hybridized carbons (Fsp3) is 0.0909. The van der Waals surface area contributed by atoms with Gasteiger partial charge in [0, 0.05) is 28.7 Å². The minimum absolute atomic E-state index is 0.0558. The Labute approximate surface area is 97.9 Å². The zero-order chi connectivity index (χ0) is 11.4. The maximum atomic E-state index is 9.17. The fourth-order valence-electron chi connectivity index (χ4n) is 1.30. The van der Waals surface area contributed by atoms with Gasteiger partial charge in [0.2, 0.25) is 0 Å². The van der Waals surface area contributed by atoms with Gasteiger partial charge in [-0.2, -0.15) is 0 Å². The second-order valence-corrected chi connectivity index (χ2v) is 3.61. The lowest BCUT2D eigenvalue weighted by molar-refractivity contribution is 0.282. The molecule has 2 N–H and O–H groups in total. The molecule has 0 spiro atoms. The van der Waals surface area contributed by atoms with Crippen LogP contribution in [0.25, 0.3) is 0 Å². The van der Waals surface area contributed by atoms with Gasteiger partial charge in [0.25, 0.3) is 0 Å². The lowest BCUT2D eigenvalue weighted by Gasteiger charge is -2.09. The van der Waals surface area contributed by atoms with Crippen molar-refractivity contribution in [3.63, 3.8) is 0 Å². The summed E-state index contributed by atoms with van der Waals surface area (Å²) < 4.78 is 0. The number of halogens is 1. The van der Waals surface area contributed by atoms with Crippen molar-refractivity contribution in [1.82, 2.24) is 9.97 Å². The molecule has 2 aromatic rings. The van der Waals surface area contributed by atoms with Crippen molar-refractivity contribution >= 4 is 23.1 Å². The first-order chi connectivity index (χ1) is 7.79. The van der Waals surface area contributed by atoms with Crippen molar-refractivity contribution in [2.75, 3.05) is 5.32 Å². The zero-order valence-electron chi connectivity index (χ0n) is 8.39. The first kappa shape index (κ1) is 10.9. The van der Waals surface area contributed by atoms with Crippen LogP contribution in [0.1, 0.15) is 5.56 Å². The topological polar surface area (TPSA) is 58.0 Å². The summed E-state index contributed by atoms with van der Waals surface area (Å²) in [6, 6.07) is 5.23. The molecule has 5 heteroatoms. The zero-order valence-corrected chi connectivity index (χ0v) is 9.15. The maximum absolute atomic E-state index is 9.17. The summed E-state index contributed by atoms with van der Waals surface area (Å²) in [5.74, 6) is 0.611. The predicted octanol–water partition coefficient (Wildman–Crippen LogP) is 2.37. The third-order valence-corrected chi connectivity index (χ3v) is 2.30. The number of nitrogens with zero attached hydrogens (tertiary/aromatic N) is 2. The van der Waals surface area contributed by atoms with Crippen molar-refractivity contribution in [3.05, 3.63) is 47.4 Å². The Morgan fingerprint density at radius 1 is 1.31 bits per heavy atom. The van der Waals surface area contributed by atoms with Crippen LogP contribution in [-0.4, -0.2) is 15.1 Å². The largest absolute Gasteiger partial charge is 0.392 e. The van der Waals surface area contributed by atoms with Crippen LogP contribution in [0.3, 0.4) is 0 Å². The second kappa shape index (κ2) is 4.92. The summed E-state index contributed by atoms with van der Waals surface area (Å²) in [5.41, 5.74) is 1.49. The van der Waals surface area contributed by atoms with Gasteiger partial charge in [-0.05, 0) is 12.1 Å². The van der Waals surface area contributed by atoms with Crippen molar-refractivity contribution in [2.45, 2.75) is 6.61 Å². The Morgan fingerprint density at radius 3 is 2.88 bits per heavy atom. The van der Waals surface area contributed by atoms with Gasteiger partial charge in [0.15, 0.2) is 0 Å². The van der Waals surface area contributed by atoms with Crippen molar-refractivity contribution in [1.29, 1.82) is 0 Å². The molecule has 0 saturated heterocycles. The Morgan fingerprint density at radius 2 is 2.19 bits per heavy atom. The average Bonchev–Trinajstić information content (AvgIpc) is 2.31.